The average Bonchev–Trinajstić information content (AvgIpc) is 3.22. The van der Waals surface area contributed by atoms with Crippen LogP contribution in [0.4, 0.5) is 5.82 Å². The van der Waals surface area contributed by atoms with E-state index in [2.05, 4.69) is 20.4 Å². The summed E-state index contributed by atoms with van der Waals surface area (Å²) in [6.07, 6.45) is 1.89. The minimum Gasteiger partial charge on any atom is -0.463 e. The van der Waals surface area contributed by atoms with Gasteiger partial charge < -0.3 is 15.2 Å². The van der Waals surface area contributed by atoms with Gasteiger partial charge in [-0.2, -0.15) is 15.1 Å². The fraction of sp³-hybridized carbons (Fsp3) is 0.261. The highest BCUT2D eigenvalue weighted by molar-refractivity contribution is 5.87. The number of rotatable bonds is 8. The van der Waals surface area contributed by atoms with Gasteiger partial charge in [-0.05, 0) is 31.0 Å². The molecule has 0 amide bonds. The summed E-state index contributed by atoms with van der Waals surface area (Å²) in [6, 6.07) is 19.4. The summed E-state index contributed by atoms with van der Waals surface area (Å²) in [5.41, 5.74) is 2.38. The van der Waals surface area contributed by atoms with Gasteiger partial charge in [-0.25, -0.2) is 4.68 Å². The Bertz CT molecular complexity index is 1100. The van der Waals surface area contributed by atoms with Gasteiger partial charge in [0.05, 0.1) is 36.0 Å². The molecule has 0 bridgehead atoms. The van der Waals surface area contributed by atoms with Gasteiger partial charge in [0.25, 0.3) is 0 Å². The topological polar surface area (TPSA) is 85.1 Å². The second-order valence-electron chi connectivity index (χ2n) is 7.12. The third-order valence-corrected chi connectivity index (χ3v) is 4.82. The lowest BCUT2D eigenvalue weighted by atomic mass is 10.0. The highest BCUT2D eigenvalue weighted by Crippen LogP contribution is 2.27. The largest absolute Gasteiger partial charge is 0.463 e. The zero-order valence-corrected chi connectivity index (χ0v) is 17.1. The van der Waals surface area contributed by atoms with Crippen molar-refractivity contribution < 1.29 is 9.84 Å². The Labute approximate surface area is 175 Å². The number of hydrogen-bond acceptors (Lipinski definition) is 6. The molecule has 0 fully saturated rings. The molecule has 0 aliphatic rings. The number of anilines is 1. The van der Waals surface area contributed by atoms with E-state index in [4.69, 9.17) is 4.74 Å². The predicted molar refractivity (Wildman–Crippen MR) is 117 cm³/mol. The quantitative estimate of drug-likeness (QED) is 0.460. The number of aliphatic hydroxyl groups excluding tert-OH is 1. The van der Waals surface area contributed by atoms with Crippen molar-refractivity contribution in [3.05, 3.63) is 72.4 Å². The van der Waals surface area contributed by atoms with E-state index < -0.39 is 6.10 Å². The Morgan fingerprint density at radius 1 is 1.03 bits per heavy atom. The molecule has 4 aromatic rings. The van der Waals surface area contributed by atoms with Crippen molar-refractivity contribution in [3.63, 3.8) is 0 Å². The Morgan fingerprint density at radius 2 is 1.73 bits per heavy atom. The van der Waals surface area contributed by atoms with E-state index in [0.717, 1.165) is 23.1 Å². The summed E-state index contributed by atoms with van der Waals surface area (Å²) in [6.45, 7) is 4.47. The lowest BCUT2D eigenvalue weighted by molar-refractivity contribution is 0.160. The maximum absolute atomic E-state index is 10.8. The molecule has 0 saturated carbocycles. The summed E-state index contributed by atoms with van der Waals surface area (Å²) in [7, 11) is 0. The third-order valence-electron chi connectivity index (χ3n) is 4.82. The van der Waals surface area contributed by atoms with E-state index in [0.29, 0.717) is 18.1 Å². The SMILES string of the molecule is CCCOc1nc(NC(C)C(O)c2ccccc2)c2cnn(-c3ccccc3)c2n1. The molecule has 7 nitrogen and oxygen atoms in total. The molecule has 30 heavy (non-hydrogen) atoms. The first kappa shape index (κ1) is 19.8. The fourth-order valence-electron chi connectivity index (χ4n) is 3.25. The van der Waals surface area contributed by atoms with Crippen LogP contribution < -0.4 is 10.1 Å². The highest BCUT2D eigenvalue weighted by Gasteiger charge is 2.20. The number of para-hydroxylation sites is 1. The number of hydrogen-bond donors (Lipinski definition) is 2. The normalized spacial score (nSPS) is 13.2. The molecule has 2 unspecified atom stereocenters. The third kappa shape index (κ3) is 4.11. The van der Waals surface area contributed by atoms with Crippen LogP contribution in [-0.4, -0.2) is 37.5 Å². The Morgan fingerprint density at radius 3 is 2.43 bits per heavy atom. The number of fused-ring (bicyclic) bond motifs is 1. The molecule has 0 aliphatic heterocycles. The molecule has 2 aromatic carbocycles. The van der Waals surface area contributed by atoms with Crippen molar-refractivity contribution in [2.45, 2.75) is 32.4 Å². The molecule has 0 saturated heterocycles. The van der Waals surface area contributed by atoms with E-state index in [-0.39, 0.29) is 12.1 Å². The minimum absolute atomic E-state index is 0.283. The van der Waals surface area contributed by atoms with E-state index in [9.17, 15) is 5.11 Å². The Balaban J connectivity index is 1.72. The van der Waals surface area contributed by atoms with Gasteiger partial charge in [0, 0.05) is 0 Å². The monoisotopic (exact) mass is 403 g/mol. The van der Waals surface area contributed by atoms with Crippen LogP contribution >= 0.6 is 0 Å². The molecule has 7 heteroatoms. The lowest BCUT2D eigenvalue weighted by Crippen LogP contribution is -2.25. The number of ether oxygens (including phenoxy) is 1. The van der Waals surface area contributed by atoms with Gasteiger partial charge in [-0.3, -0.25) is 0 Å². The number of nitrogens with one attached hydrogen (secondary N) is 1. The number of aliphatic hydroxyl groups is 1. The number of nitrogens with zero attached hydrogens (tertiary/aromatic N) is 4. The highest BCUT2D eigenvalue weighted by atomic mass is 16.5. The van der Waals surface area contributed by atoms with Crippen LogP contribution in [0.25, 0.3) is 16.7 Å². The van der Waals surface area contributed by atoms with Crippen LogP contribution in [0, 0.1) is 0 Å². The van der Waals surface area contributed by atoms with Crippen molar-refractivity contribution >= 4 is 16.9 Å². The standard InChI is InChI=1S/C23H25N5O2/c1-3-14-30-23-26-21(25-16(2)20(29)17-10-6-4-7-11-17)19-15-24-28(22(19)27-23)18-12-8-5-9-13-18/h4-13,15-16,20,29H,3,14H2,1-2H3,(H,25,26,27). The predicted octanol–water partition coefficient (Wildman–Crippen LogP) is 4.14. The molecule has 2 atom stereocenters. The van der Waals surface area contributed by atoms with Gasteiger partial charge in [0.2, 0.25) is 0 Å². The van der Waals surface area contributed by atoms with Gasteiger partial charge in [-0.15, -0.1) is 0 Å². The lowest BCUT2D eigenvalue weighted by Gasteiger charge is -2.21. The molecular weight excluding hydrogens is 378 g/mol. The van der Waals surface area contributed by atoms with Crippen LogP contribution in [-0.2, 0) is 0 Å². The maximum Gasteiger partial charge on any atom is 0.320 e. The van der Waals surface area contributed by atoms with Crippen molar-refractivity contribution in [2.75, 3.05) is 11.9 Å². The summed E-state index contributed by atoms with van der Waals surface area (Å²) < 4.78 is 7.49. The first-order chi connectivity index (χ1) is 14.7. The van der Waals surface area contributed by atoms with Crippen LogP contribution in [0.15, 0.2) is 66.9 Å². The molecule has 4 rings (SSSR count). The first-order valence-corrected chi connectivity index (χ1v) is 10.1. The number of aromatic nitrogens is 4. The van der Waals surface area contributed by atoms with Crippen LogP contribution in [0.2, 0.25) is 0 Å². The van der Waals surface area contributed by atoms with E-state index in [1.165, 1.54) is 0 Å². The minimum atomic E-state index is -0.694. The molecular formula is C23H25N5O2. The first-order valence-electron chi connectivity index (χ1n) is 10.1. The maximum atomic E-state index is 10.8. The Hall–Kier alpha value is -3.45. The van der Waals surface area contributed by atoms with Crippen LogP contribution in [0.3, 0.4) is 0 Å². The van der Waals surface area contributed by atoms with Gasteiger partial charge in [0.1, 0.15) is 5.82 Å². The van der Waals surface area contributed by atoms with Crippen molar-refractivity contribution in [1.82, 2.24) is 19.7 Å². The molecule has 0 spiro atoms. The number of benzene rings is 2. The van der Waals surface area contributed by atoms with Gasteiger partial charge in [0.15, 0.2) is 5.65 Å². The molecule has 2 aromatic heterocycles. The molecule has 0 radical (unpaired) electrons. The van der Waals surface area contributed by atoms with Gasteiger partial charge in [-0.1, -0.05) is 55.5 Å². The van der Waals surface area contributed by atoms with E-state index in [1.54, 1.807) is 10.9 Å². The second kappa shape index (κ2) is 8.92. The van der Waals surface area contributed by atoms with E-state index in [1.807, 2.05) is 74.5 Å². The molecule has 2 heterocycles. The molecule has 0 aliphatic carbocycles. The van der Waals surface area contributed by atoms with Gasteiger partial charge >= 0.3 is 6.01 Å². The smallest absolute Gasteiger partial charge is 0.320 e. The average molecular weight is 403 g/mol. The van der Waals surface area contributed by atoms with E-state index >= 15 is 0 Å². The fourth-order valence-corrected chi connectivity index (χ4v) is 3.25. The van der Waals surface area contributed by atoms with Crippen LogP contribution in [0.5, 0.6) is 6.01 Å². The zero-order valence-electron chi connectivity index (χ0n) is 17.1. The Kier molecular flexibility index (Phi) is 5.90. The summed E-state index contributed by atoms with van der Waals surface area (Å²) in [5, 5.41) is 19.4. The zero-order chi connectivity index (χ0) is 20.9. The molecule has 154 valence electrons. The molecule has 2 N–H and O–H groups in total. The summed E-state index contributed by atoms with van der Waals surface area (Å²) in [5.74, 6) is 0.579. The van der Waals surface area contributed by atoms with Crippen molar-refractivity contribution in [1.29, 1.82) is 0 Å². The summed E-state index contributed by atoms with van der Waals surface area (Å²) >= 11 is 0. The van der Waals surface area contributed by atoms with Crippen molar-refractivity contribution in [3.8, 4) is 11.7 Å². The second-order valence-corrected chi connectivity index (χ2v) is 7.12. The summed E-state index contributed by atoms with van der Waals surface area (Å²) in [4.78, 5) is 9.14. The van der Waals surface area contributed by atoms with Crippen molar-refractivity contribution in [2.24, 2.45) is 0 Å². The van der Waals surface area contributed by atoms with Crippen LogP contribution in [0.1, 0.15) is 31.9 Å².